The predicted octanol–water partition coefficient (Wildman–Crippen LogP) is 3.44. The summed E-state index contributed by atoms with van der Waals surface area (Å²) in [6.07, 6.45) is 3.50. The molecule has 3 aromatic rings. The van der Waals surface area contributed by atoms with Crippen LogP contribution >= 0.6 is 0 Å². The van der Waals surface area contributed by atoms with E-state index >= 15 is 0 Å². The third-order valence-electron chi connectivity index (χ3n) is 5.92. The van der Waals surface area contributed by atoms with Crippen LogP contribution in [0, 0.1) is 19.7 Å². The highest BCUT2D eigenvalue weighted by Crippen LogP contribution is 2.25. The number of hydrogen-bond donors (Lipinski definition) is 1. The number of carbonyl (C=O) groups is 1. The average Bonchev–Trinajstić information content (AvgIpc) is 2.81. The SMILES string of the molecule is Cc1nc(-c2cccnc2)nc(N2CCN(C(C)C(=O)Nc3cccc(F)c3)CC2)c1C. The van der Waals surface area contributed by atoms with Gasteiger partial charge in [0.05, 0.1) is 6.04 Å². The molecule has 0 saturated carbocycles. The third-order valence-corrected chi connectivity index (χ3v) is 5.92. The van der Waals surface area contributed by atoms with Crippen molar-refractivity contribution in [2.45, 2.75) is 26.8 Å². The van der Waals surface area contributed by atoms with Crippen LogP contribution in [0.15, 0.2) is 48.8 Å². The lowest BCUT2D eigenvalue weighted by Crippen LogP contribution is -2.53. The lowest BCUT2D eigenvalue weighted by atomic mass is 10.1. The molecule has 3 heterocycles. The summed E-state index contributed by atoms with van der Waals surface area (Å²) in [5, 5.41) is 2.80. The van der Waals surface area contributed by atoms with Crippen LogP contribution in [0.5, 0.6) is 0 Å². The molecule has 4 rings (SSSR count). The monoisotopic (exact) mass is 434 g/mol. The molecule has 2 aromatic heterocycles. The molecule has 32 heavy (non-hydrogen) atoms. The summed E-state index contributed by atoms with van der Waals surface area (Å²) in [6.45, 7) is 8.87. The smallest absolute Gasteiger partial charge is 0.241 e. The van der Waals surface area contributed by atoms with Crippen molar-refractivity contribution in [2.24, 2.45) is 0 Å². The maximum absolute atomic E-state index is 13.4. The molecule has 1 aliphatic rings. The number of nitrogens with zero attached hydrogens (tertiary/aromatic N) is 5. The second-order valence-corrected chi connectivity index (χ2v) is 8.02. The summed E-state index contributed by atoms with van der Waals surface area (Å²) in [5.74, 6) is 1.08. The molecule has 1 saturated heterocycles. The number of nitrogens with one attached hydrogen (secondary N) is 1. The molecule has 7 nitrogen and oxygen atoms in total. The fraction of sp³-hybridized carbons (Fsp3) is 0.333. The number of aryl methyl sites for hydroxylation is 1. The quantitative estimate of drug-likeness (QED) is 0.663. The minimum Gasteiger partial charge on any atom is -0.354 e. The summed E-state index contributed by atoms with van der Waals surface area (Å²) >= 11 is 0. The van der Waals surface area contributed by atoms with Crippen LogP contribution in [-0.2, 0) is 4.79 Å². The zero-order valence-corrected chi connectivity index (χ0v) is 18.5. The number of anilines is 2. The Hall–Kier alpha value is -3.39. The first kappa shape index (κ1) is 21.8. The van der Waals surface area contributed by atoms with Crippen LogP contribution in [0.4, 0.5) is 15.9 Å². The standard InChI is InChI=1S/C24H27FN6O/c1-16-17(2)27-22(19-6-5-9-26-15-19)29-23(16)31-12-10-30(11-13-31)18(3)24(32)28-21-8-4-7-20(25)14-21/h4-9,14-15,18H,10-13H2,1-3H3,(H,28,32). The van der Waals surface area contributed by atoms with E-state index in [1.54, 1.807) is 24.5 Å². The Labute approximate surface area is 187 Å². The Morgan fingerprint density at radius 3 is 2.56 bits per heavy atom. The van der Waals surface area contributed by atoms with E-state index in [1.807, 2.05) is 32.9 Å². The van der Waals surface area contributed by atoms with Crippen LogP contribution in [0.1, 0.15) is 18.2 Å². The molecule has 166 valence electrons. The zero-order valence-electron chi connectivity index (χ0n) is 18.5. The number of benzene rings is 1. The lowest BCUT2D eigenvalue weighted by Gasteiger charge is -2.38. The molecule has 1 atom stereocenters. The lowest BCUT2D eigenvalue weighted by molar-refractivity contribution is -0.120. The van der Waals surface area contributed by atoms with Gasteiger partial charge < -0.3 is 10.2 Å². The number of carbonyl (C=O) groups excluding carboxylic acids is 1. The summed E-state index contributed by atoms with van der Waals surface area (Å²) in [6, 6.07) is 9.46. The maximum atomic E-state index is 13.4. The minimum absolute atomic E-state index is 0.142. The summed E-state index contributed by atoms with van der Waals surface area (Å²) in [7, 11) is 0. The molecule has 1 amide bonds. The highest BCUT2D eigenvalue weighted by Gasteiger charge is 2.27. The van der Waals surface area contributed by atoms with Gasteiger partial charge in [-0.15, -0.1) is 0 Å². The van der Waals surface area contributed by atoms with Gasteiger partial charge in [0, 0.05) is 61.1 Å². The van der Waals surface area contributed by atoms with E-state index in [4.69, 9.17) is 4.98 Å². The highest BCUT2D eigenvalue weighted by molar-refractivity contribution is 5.94. The van der Waals surface area contributed by atoms with Gasteiger partial charge in [0.1, 0.15) is 11.6 Å². The van der Waals surface area contributed by atoms with Crippen molar-refractivity contribution in [3.8, 4) is 11.4 Å². The van der Waals surface area contributed by atoms with Crippen molar-refractivity contribution < 1.29 is 9.18 Å². The molecule has 1 N–H and O–H groups in total. The average molecular weight is 435 g/mol. The van der Waals surface area contributed by atoms with E-state index in [9.17, 15) is 9.18 Å². The summed E-state index contributed by atoms with van der Waals surface area (Å²) in [4.78, 5) is 30.7. The first-order valence-electron chi connectivity index (χ1n) is 10.7. The molecule has 0 bridgehead atoms. The molecular weight excluding hydrogens is 407 g/mol. The van der Waals surface area contributed by atoms with Gasteiger partial charge in [0.15, 0.2) is 5.82 Å². The molecule has 1 aliphatic heterocycles. The number of rotatable bonds is 5. The third kappa shape index (κ3) is 4.75. The normalized spacial score (nSPS) is 15.4. The van der Waals surface area contributed by atoms with Gasteiger partial charge in [-0.3, -0.25) is 14.7 Å². The van der Waals surface area contributed by atoms with Crippen LogP contribution in [0.3, 0.4) is 0 Å². The molecule has 0 radical (unpaired) electrons. The van der Waals surface area contributed by atoms with Gasteiger partial charge in [0.2, 0.25) is 5.91 Å². The molecule has 1 aromatic carbocycles. The second-order valence-electron chi connectivity index (χ2n) is 8.02. The Balaban J connectivity index is 1.43. The Bertz CT molecular complexity index is 1100. The van der Waals surface area contributed by atoms with Crippen LogP contribution in [0.2, 0.25) is 0 Å². The number of amides is 1. The van der Waals surface area contributed by atoms with Crippen molar-refractivity contribution in [1.29, 1.82) is 0 Å². The first-order valence-corrected chi connectivity index (χ1v) is 10.7. The number of piperazine rings is 1. The van der Waals surface area contributed by atoms with Gasteiger partial charge in [0.25, 0.3) is 0 Å². The van der Waals surface area contributed by atoms with E-state index in [1.165, 1.54) is 12.1 Å². The van der Waals surface area contributed by atoms with Gasteiger partial charge in [-0.1, -0.05) is 6.07 Å². The van der Waals surface area contributed by atoms with E-state index in [-0.39, 0.29) is 17.8 Å². The zero-order chi connectivity index (χ0) is 22.7. The van der Waals surface area contributed by atoms with Crippen molar-refractivity contribution >= 4 is 17.4 Å². The first-order chi connectivity index (χ1) is 15.4. The molecular formula is C24H27FN6O. The second kappa shape index (κ2) is 9.40. The number of pyridine rings is 1. The molecule has 1 fully saturated rings. The van der Waals surface area contributed by atoms with E-state index in [0.717, 1.165) is 48.8 Å². The van der Waals surface area contributed by atoms with Crippen LogP contribution in [0.25, 0.3) is 11.4 Å². The van der Waals surface area contributed by atoms with E-state index in [2.05, 4.69) is 25.1 Å². The van der Waals surface area contributed by atoms with Crippen LogP contribution < -0.4 is 10.2 Å². The number of halogens is 1. The van der Waals surface area contributed by atoms with Crippen molar-refractivity contribution in [2.75, 3.05) is 36.4 Å². The number of hydrogen-bond acceptors (Lipinski definition) is 6. The van der Waals surface area contributed by atoms with Crippen LogP contribution in [-0.4, -0.2) is 58.0 Å². The summed E-state index contributed by atoms with van der Waals surface area (Å²) < 4.78 is 13.4. The Morgan fingerprint density at radius 2 is 1.88 bits per heavy atom. The number of aromatic nitrogens is 3. The fourth-order valence-corrected chi connectivity index (χ4v) is 3.85. The van der Waals surface area contributed by atoms with Crippen molar-refractivity contribution in [3.63, 3.8) is 0 Å². The van der Waals surface area contributed by atoms with Gasteiger partial charge in [-0.2, -0.15) is 0 Å². The maximum Gasteiger partial charge on any atom is 0.241 e. The van der Waals surface area contributed by atoms with E-state index < -0.39 is 0 Å². The highest BCUT2D eigenvalue weighted by atomic mass is 19.1. The van der Waals surface area contributed by atoms with Gasteiger partial charge in [-0.25, -0.2) is 14.4 Å². The predicted molar refractivity (Wildman–Crippen MR) is 123 cm³/mol. The Morgan fingerprint density at radius 1 is 1.09 bits per heavy atom. The van der Waals surface area contributed by atoms with E-state index in [0.29, 0.717) is 11.5 Å². The molecule has 1 unspecified atom stereocenters. The fourth-order valence-electron chi connectivity index (χ4n) is 3.85. The van der Waals surface area contributed by atoms with Gasteiger partial charge in [-0.05, 0) is 51.1 Å². The van der Waals surface area contributed by atoms with Gasteiger partial charge >= 0.3 is 0 Å². The van der Waals surface area contributed by atoms with Crippen molar-refractivity contribution in [1.82, 2.24) is 19.9 Å². The topological polar surface area (TPSA) is 74.2 Å². The Kier molecular flexibility index (Phi) is 6.41. The van der Waals surface area contributed by atoms with Crippen molar-refractivity contribution in [3.05, 3.63) is 65.9 Å². The largest absolute Gasteiger partial charge is 0.354 e. The summed E-state index contributed by atoms with van der Waals surface area (Å²) in [5.41, 5.74) is 3.36. The molecule has 0 aliphatic carbocycles. The minimum atomic E-state index is -0.370. The molecule has 8 heteroatoms. The molecule has 0 spiro atoms.